The van der Waals surface area contributed by atoms with Gasteiger partial charge in [0, 0.05) is 44.1 Å². The summed E-state index contributed by atoms with van der Waals surface area (Å²) in [5.74, 6) is 0.888. The number of hydrogen-bond acceptors (Lipinski definition) is 3. The second kappa shape index (κ2) is 7.10. The fourth-order valence-corrected chi connectivity index (χ4v) is 4.16. The maximum absolute atomic E-state index is 11.9. The first-order chi connectivity index (χ1) is 9.96. The van der Waals surface area contributed by atoms with Crippen LogP contribution in [0.5, 0.6) is 0 Å². The Morgan fingerprint density at radius 1 is 1.38 bits per heavy atom. The lowest BCUT2D eigenvalue weighted by atomic mass is 9.86. The Morgan fingerprint density at radius 3 is 2.62 bits per heavy atom. The van der Waals surface area contributed by atoms with E-state index in [0.717, 1.165) is 38.9 Å². The molecule has 1 unspecified atom stereocenters. The summed E-state index contributed by atoms with van der Waals surface area (Å²) in [5, 5.41) is 9.74. The minimum Gasteiger partial charge on any atom is -0.396 e. The fourth-order valence-electron chi connectivity index (χ4n) is 4.16. The van der Waals surface area contributed by atoms with Crippen LogP contribution in [-0.2, 0) is 4.79 Å². The van der Waals surface area contributed by atoms with Crippen molar-refractivity contribution in [2.24, 2.45) is 11.3 Å². The summed E-state index contributed by atoms with van der Waals surface area (Å²) in [5.41, 5.74) is 0.136. The number of aliphatic hydroxyl groups is 1. The van der Waals surface area contributed by atoms with Gasteiger partial charge in [-0.05, 0) is 46.1 Å². The number of hydrogen-bond donors (Lipinski definition) is 1. The fraction of sp³-hybridized carbons (Fsp3) is 0.941. The van der Waals surface area contributed by atoms with Crippen molar-refractivity contribution in [3.8, 4) is 0 Å². The molecule has 1 saturated carbocycles. The van der Waals surface area contributed by atoms with Gasteiger partial charge in [0.25, 0.3) is 0 Å². The predicted molar refractivity (Wildman–Crippen MR) is 85.1 cm³/mol. The molecule has 122 valence electrons. The third kappa shape index (κ3) is 4.19. The second-order valence-electron chi connectivity index (χ2n) is 7.61. The first kappa shape index (κ1) is 16.8. The van der Waals surface area contributed by atoms with Crippen molar-refractivity contribution in [2.45, 2.75) is 58.4 Å². The van der Waals surface area contributed by atoms with Crippen LogP contribution in [-0.4, -0.2) is 60.1 Å². The number of aliphatic hydroxyl groups excluding tert-OH is 1. The van der Waals surface area contributed by atoms with Crippen LogP contribution in [0.4, 0.5) is 0 Å². The summed E-state index contributed by atoms with van der Waals surface area (Å²) in [4.78, 5) is 16.3. The van der Waals surface area contributed by atoms with E-state index in [0.29, 0.717) is 30.9 Å². The van der Waals surface area contributed by atoms with E-state index in [1.54, 1.807) is 0 Å². The lowest BCUT2D eigenvalue weighted by Crippen LogP contribution is -2.47. The molecule has 2 aliphatic rings. The molecule has 1 aliphatic carbocycles. The maximum atomic E-state index is 11.9. The molecule has 0 spiro atoms. The molecule has 2 rings (SSSR count). The molecule has 0 aromatic carbocycles. The van der Waals surface area contributed by atoms with Crippen LogP contribution in [0.25, 0.3) is 0 Å². The van der Waals surface area contributed by atoms with Gasteiger partial charge in [0.05, 0.1) is 0 Å². The smallest absolute Gasteiger partial charge is 0.222 e. The van der Waals surface area contributed by atoms with Gasteiger partial charge in [-0.2, -0.15) is 0 Å². The van der Waals surface area contributed by atoms with Crippen LogP contribution in [0.3, 0.4) is 0 Å². The van der Waals surface area contributed by atoms with Gasteiger partial charge in [-0.1, -0.05) is 12.8 Å². The van der Waals surface area contributed by atoms with Crippen LogP contribution >= 0.6 is 0 Å². The summed E-state index contributed by atoms with van der Waals surface area (Å²) in [7, 11) is 2.17. The van der Waals surface area contributed by atoms with Gasteiger partial charge in [0.1, 0.15) is 0 Å². The van der Waals surface area contributed by atoms with Crippen molar-refractivity contribution in [2.75, 3.05) is 33.3 Å². The molecule has 1 N–H and O–H groups in total. The molecule has 4 heteroatoms. The molecular formula is C17H32N2O2. The minimum atomic E-state index is 0.136. The van der Waals surface area contributed by atoms with Gasteiger partial charge in [-0.15, -0.1) is 0 Å². The standard InChI is InChI=1S/C17H32N2O2/c1-14(2)19-11-15(6-7-16(19)21)10-18(3)12-17(13-20)8-4-5-9-17/h14-15,20H,4-13H2,1-3H3. The average molecular weight is 296 g/mol. The van der Waals surface area contributed by atoms with Crippen molar-refractivity contribution in [1.82, 2.24) is 9.80 Å². The van der Waals surface area contributed by atoms with Gasteiger partial charge in [-0.3, -0.25) is 4.79 Å². The third-order valence-corrected chi connectivity index (χ3v) is 5.34. The molecule has 1 aliphatic heterocycles. The van der Waals surface area contributed by atoms with Crippen LogP contribution in [0.15, 0.2) is 0 Å². The summed E-state index contributed by atoms with van der Waals surface area (Å²) in [6.07, 6.45) is 6.55. The zero-order valence-electron chi connectivity index (χ0n) is 14.0. The van der Waals surface area contributed by atoms with Crippen LogP contribution in [0.1, 0.15) is 52.4 Å². The molecule has 0 radical (unpaired) electrons. The van der Waals surface area contributed by atoms with Crippen molar-refractivity contribution < 1.29 is 9.90 Å². The van der Waals surface area contributed by atoms with Crippen LogP contribution in [0.2, 0.25) is 0 Å². The highest BCUT2D eigenvalue weighted by Crippen LogP contribution is 2.38. The quantitative estimate of drug-likeness (QED) is 0.816. The number of amides is 1. The highest BCUT2D eigenvalue weighted by Gasteiger charge is 2.35. The normalized spacial score (nSPS) is 26.1. The first-order valence-electron chi connectivity index (χ1n) is 8.55. The number of carbonyl (C=O) groups excluding carboxylic acids is 1. The SMILES string of the molecule is CC(C)N1CC(CN(C)CC2(CO)CCCC2)CCC1=O. The van der Waals surface area contributed by atoms with Crippen molar-refractivity contribution in [3.63, 3.8) is 0 Å². The predicted octanol–water partition coefficient (Wildman–Crippen LogP) is 2.12. The second-order valence-corrected chi connectivity index (χ2v) is 7.61. The molecule has 1 heterocycles. The Balaban J connectivity index is 1.85. The van der Waals surface area contributed by atoms with Crippen molar-refractivity contribution in [3.05, 3.63) is 0 Å². The van der Waals surface area contributed by atoms with Gasteiger partial charge in [0.2, 0.25) is 5.91 Å². The number of likely N-dealkylation sites (tertiary alicyclic amines) is 1. The van der Waals surface area contributed by atoms with E-state index in [1.807, 2.05) is 4.90 Å². The van der Waals surface area contributed by atoms with E-state index in [9.17, 15) is 9.90 Å². The van der Waals surface area contributed by atoms with Gasteiger partial charge in [0.15, 0.2) is 0 Å². The van der Waals surface area contributed by atoms with Crippen molar-refractivity contribution in [1.29, 1.82) is 0 Å². The Hall–Kier alpha value is -0.610. The van der Waals surface area contributed by atoms with E-state index in [-0.39, 0.29) is 5.41 Å². The molecule has 0 aromatic heterocycles. The molecule has 1 saturated heterocycles. The van der Waals surface area contributed by atoms with E-state index < -0.39 is 0 Å². The Bertz CT molecular complexity index is 351. The molecule has 0 bridgehead atoms. The number of nitrogens with zero attached hydrogens (tertiary/aromatic N) is 2. The number of rotatable bonds is 6. The van der Waals surface area contributed by atoms with Crippen molar-refractivity contribution >= 4 is 5.91 Å². The Morgan fingerprint density at radius 2 is 2.05 bits per heavy atom. The minimum absolute atomic E-state index is 0.136. The first-order valence-corrected chi connectivity index (χ1v) is 8.55. The topological polar surface area (TPSA) is 43.8 Å². The molecule has 2 fully saturated rings. The zero-order valence-corrected chi connectivity index (χ0v) is 14.0. The van der Waals surface area contributed by atoms with Crippen LogP contribution in [0, 0.1) is 11.3 Å². The summed E-state index contributed by atoms with van der Waals surface area (Å²) in [6, 6.07) is 0.309. The molecule has 0 aromatic rings. The Labute approximate surface area is 129 Å². The highest BCUT2D eigenvalue weighted by atomic mass is 16.3. The number of carbonyl (C=O) groups is 1. The average Bonchev–Trinajstić information content (AvgIpc) is 2.89. The summed E-state index contributed by atoms with van der Waals surface area (Å²) >= 11 is 0. The third-order valence-electron chi connectivity index (χ3n) is 5.34. The van der Waals surface area contributed by atoms with Crippen LogP contribution < -0.4 is 0 Å². The van der Waals surface area contributed by atoms with E-state index >= 15 is 0 Å². The lowest BCUT2D eigenvalue weighted by Gasteiger charge is -2.38. The summed E-state index contributed by atoms with van der Waals surface area (Å²) in [6.45, 7) is 7.45. The Kier molecular flexibility index (Phi) is 5.67. The molecule has 1 amide bonds. The maximum Gasteiger partial charge on any atom is 0.222 e. The molecule has 1 atom stereocenters. The highest BCUT2D eigenvalue weighted by molar-refractivity contribution is 5.77. The van der Waals surface area contributed by atoms with Gasteiger partial charge < -0.3 is 14.9 Å². The van der Waals surface area contributed by atoms with E-state index in [2.05, 4.69) is 25.8 Å². The number of piperidine rings is 1. The molecule has 4 nitrogen and oxygen atoms in total. The summed E-state index contributed by atoms with van der Waals surface area (Å²) < 4.78 is 0. The molecular weight excluding hydrogens is 264 g/mol. The zero-order chi connectivity index (χ0) is 15.5. The monoisotopic (exact) mass is 296 g/mol. The van der Waals surface area contributed by atoms with Gasteiger partial charge >= 0.3 is 0 Å². The van der Waals surface area contributed by atoms with E-state index in [4.69, 9.17) is 0 Å². The van der Waals surface area contributed by atoms with Gasteiger partial charge in [-0.25, -0.2) is 0 Å². The van der Waals surface area contributed by atoms with E-state index in [1.165, 1.54) is 12.8 Å². The molecule has 21 heavy (non-hydrogen) atoms. The lowest BCUT2D eigenvalue weighted by molar-refractivity contribution is -0.137. The largest absolute Gasteiger partial charge is 0.396 e.